The molecule has 3 aromatic rings. The van der Waals surface area contributed by atoms with Crippen molar-refractivity contribution in [1.29, 1.82) is 0 Å². The van der Waals surface area contributed by atoms with E-state index in [-0.39, 0.29) is 6.04 Å². The molecule has 0 bridgehead atoms. The van der Waals surface area contributed by atoms with E-state index in [1.54, 1.807) is 24.5 Å². The van der Waals surface area contributed by atoms with Crippen LogP contribution in [0.5, 0.6) is 5.75 Å². The number of anilines is 3. The van der Waals surface area contributed by atoms with Gasteiger partial charge in [-0.25, -0.2) is 14.8 Å². The van der Waals surface area contributed by atoms with E-state index < -0.39 is 6.09 Å². The Morgan fingerprint density at radius 2 is 2.28 bits per heavy atom. The number of hydrogen-bond acceptors (Lipinski definition) is 7. The van der Waals surface area contributed by atoms with Gasteiger partial charge in [0.2, 0.25) is 0 Å². The summed E-state index contributed by atoms with van der Waals surface area (Å²) in [7, 11) is 1.57. The molecule has 0 radical (unpaired) electrons. The number of nitrogen functional groups attached to an aromatic ring is 1. The summed E-state index contributed by atoms with van der Waals surface area (Å²) in [5.74, 6) is 1.25. The zero-order valence-electron chi connectivity index (χ0n) is 15.7. The van der Waals surface area contributed by atoms with Crippen LogP contribution in [0.3, 0.4) is 0 Å². The van der Waals surface area contributed by atoms with Gasteiger partial charge in [-0.15, -0.1) is 11.3 Å². The molecule has 2 heterocycles. The summed E-state index contributed by atoms with van der Waals surface area (Å²) in [6.07, 6.45) is 4.10. The van der Waals surface area contributed by atoms with Gasteiger partial charge < -0.3 is 26.2 Å². The van der Waals surface area contributed by atoms with Crippen molar-refractivity contribution in [3.05, 3.63) is 34.5 Å². The van der Waals surface area contributed by atoms with Crippen LogP contribution in [0.4, 0.5) is 22.0 Å². The normalized spacial score (nSPS) is 15.6. The molecule has 0 fully saturated rings. The minimum absolute atomic E-state index is 0.0859. The molecule has 0 aliphatic heterocycles. The molecule has 1 aromatic carbocycles. The van der Waals surface area contributed by atoms with Crippen molar-refractivity contribution in [3.63, 3.8) is 0 Å². The van der Waals surface area contributed by atoms with Gasteiger partial charge in [-0.05, 0) is 24.5 Å². The SMILES string of the molecule is COc1cc(N)c(C=[NH2+])cc1Nc1ncnc2sc3c(c12)CCC(NC(=O)O)C3. The van der Waals surface area contributed by atoms with Gasteiger partial charge in [0, 0.05) is 29.1 Å². The number of nitrogens with zero attached hydrogens (tertiary/aromatic N) is 2. The van der Waals surface area contributed by atoms with Crippen molar-refractivity contribution in [1.82, 2.24) is 15.3 Å². The fraction of sp³-hybridized carbons (Fsp3) is 0.263. The van der Waals surface area contributed by atoms with Crippen molar-refractivity contribution in [2.75, 3.05) is 18.2 Å². The van der Waals surface area contributed by atoms with Crippen LogP contribution >= 0.6 is 11.3 Å². The molecular formula is C19H21N6O3S+. The Morgan fingerprint density at radius 3 is 3.00 bits per heavy atom. The summed E-state index contributed by atoms with van der Waals surface area (Å²) in [6.45, 7) is 0. The number of aryl methyl sites for hydroxylation is 1. The Hall–Kier alpha value is -3.40. The summed E-state index contributed by atoms with van der Waals surface area (Å²) in [5, 5.41) is 21.5. The van der Waals surface area contributed by atoms with E-state index in [2.05, 4.69) is 20.6 Å². The predicted octanol–water partition coefficient (Wildman–Crippen LogP) is 1.33. The number of hydrogen-bond donors (Lipinski definition) is 5. The number of thiophene rings is 1. The molecule has 1 aliphatic carbocycles. The second kappa shape index (κ2) is 7.55. The van der Waals surface area contributed by atoms with Crippen LogP contribution in [-0.2, 0) is 12.8 Å². The molecule has 4 rings (SSSR count). The first-order valence-electron chi connectivity index (χ1n) is 9.04. The number of carbonyl (C=O) groups is 1. The Balaban J connectivity index is 1.74. The number of ether oxygens (including phenoxy) is 1. The molecule has 0 saturated carbocycles. The lowest BCUT2D eigenvalue weighted by Crippen LogP contribution is -2.37. The van der Waals surface area contributed by atoms with Crippen LogP contribution < -0.4 is 26.5 Å². The first kappa shape index (κ1) is 18.9. The average Bonchev–Trinajstić information content (AvgIpc) is 3.07. The number of amides is 1. The van der Waals surface area contributed by atoms with Crippen molar-refractivity contribution < 1.29 is 20.0 Å². The monoisotopic (exact) mass is 413 g/mol. The Morgan fingerprint density at radius 1 is 1.45 bits per heavy atom. The number of aromatic nitrogens is 2. The second-order valence-corrected chi connectivity index (χ2v) is 7.85. The number of carboxylic acid groups (broad SMARTS) is 1. The van der Waals surface area contributed by atoms with Gasteiger partial charge in [-0.3, -0.25) is 5.41 Å². The van der Waals surface area contributed by atoms with Crippen LogP contribution in [0.1, 0.15) is 22.4 Å². The Labute approximate surface area is 170 Å². The lowest BCUT2D eigenvalue weighted by molar-refractivity contribution is -0.104. The molecule has 0 spiro atoms. The van der Waals surface area contributed by atoms with E-state index in [0.29, 0.717) is 34.9 Å². The molecule has 1 atom stereocenters. The van der Waals surface area contributed by atoms with E-state index in [1.807, 2.05) is 6.07 Å². The molecule has 150 valence electrons. The van der Waals surface area contributed by atoms with Gasteiger partial charge in [0.25, 0.3) is 0 Å². The van der Waals surface area contributed by atoms with Gasteiger partial charge in [0.15, 0.2) is 6.21 Å². The summed E-state index contributed by atoms with van der Waals surface area (Å²) >= 11 is 1.57. The molecular weight excluding hydrogens is 392 g/mol. The van der Waals surface area contributed by atoms with Crippen molar-refractivity contribution in [2.45, 2.75) is 25.3 Å². The highest BCUT2D eigenvalue weighted by molar-refractivity contribution is 7.19. The number of fused-ring (bicyclic) bond motifs is 3. The summed E-state index contributed by atoms with van der Waals surface area (Å²) in [6, 6.07) is 3.44. The molecule has 7 N–H and O–H groups in total. The first-order chi connectivity index (χ1) is 14.0. The molecule has 1 aliphatic rings. The lowest BCUT2D eigenvalue weighted by Gasteiger charge is -2.22. The fourth-order valence-electron chi connectivity index (χ4n) is 3.65. The van der Waals surface area contributed by atoms with Gasteiger partial charge >= 0.3 is 6.09 Å². The van der Waals surface area contributed by atoms with Gasteiger partial charge in [-0.1, -0.05) is 0 Å². The van der Waals surface area contributed by atoms with Crippen LogP contribution in [-0.4, -0.2) is 40.5 Å². The maximum Gasteiger partial charge on any atom is 0.404 e. The number of nitrogens with two attached hydrogens (primary N) is 2. The van der Waals surface area contributed by atoms with Crippen LogP contribution in [0.2, 0.25) is 0 Å². The molecule has 10 heteroatoms. The topological polar surface area (TPSA) is 148 Å². The van der Waals surface area contributed by atoms with Crippen molar-refractivity contribution >= 4 is 51.1 Å². The number of benzene rings is 1. The highest BCUT2D eigenvalue weighted by Gasteiger charge is 2.26. The van der Waals surface area contributed by atoms with E-state index in [1.165, 1.54) is 12.5 Å². The van der Waals surface area contributed by atoms with Gasteiger partial charge in [-0.2, -0.15) is 0 Å². The number of rotatable bonds is 5. The standard InChI is InChI=1S/C19H20N6O3S/c1-28-14-6-12(21)9(7-20)4-13(14)25-17-16-11-3-2-10(24-19(26)27)5-15(11)29-18(16)23-8-22-17/h4,6-8,10,20,24H,2-3,5,21H2,1H3,(H,26,27)(H,22,23,25)/p+1. The molecule has 1 unspecified atom stereocenters. The minimum Gasteiger partial charge on any atom is -0.494 e. The third-order valence-electron chi connectivity index (χ3n) is 5.01. The maximum atomic E-state index is 11.0. The van der Waals surface area contributed by atoms with Crippen LogP contribution in [0.25, 0.3) is 10.2 Å². The van der Waals surface area contributed by atoms with E-state index >= 15 is 0 Å². The molecule has 9 nitrogen and oxygen atoms in total. The summed E-state index contributed by atoms with van der Waals surface area (Å²) < 4.78 is 5.45. The highest BCUT2D eigenvalue weighted by atomic mass is 32.1. The van der Waals surface area contributed by atoms with Crippen LogP contribution in [0.15, 0.2) is 18.5 Å². The smallest absolute Gasteiger partial charge is 0.404 e. The molecule has 2 aromatic heterocycles. The number of methoxy groups -OCH3 is 1. The lowest BCUT2D eigenvalue weighted by atomic mass is 9.93. The van der Waals surface area contributed by atoms with E-state index in [0.717, 1.165) is 33.5 Å². The fourth-order valence-corrected chi connectivity index (χ4v) is 4.92. The third-order valence-corrected chi connectivity index (χ3v) is 6.17. The first-order valence-corrected chi connectivity index (χ1v) is 9.86. The van der Waals surface area contributed by atoms with Crippen molar-refractivity contribution in [2.24, 2.45) is 0 Å². The zero-order valence-corrected chi connectivity index (χ0v) is 16.5. The zero-order chi connectivity index (χ0) is 20.5. The Bertz CT molecular complexity index is 1110. The summed E-state index contributed by atoms with van der Waals surface area (Å²) in [5.41, 5.74) is 9.06. The van der Waals surface area contributed by atoms with Crippen molar-refractivity contribution in [3.8, 4) is 5.75 Å². The Kier molecular flexibility index (Phi) is 4.93. The predicted molar refractivity (Wildman–Crippen MR) is 112 cm³/mol. The minimum atomic E-state index is -0.996. The quantitative estimate of drug-likeness (QED) is 0.313. The largest absolute Gasteiger partial charge is 0.494 e. The highest BCUT2D eigenvalue weighted by Crippen LogP contribution is 2.40. The average molecular weight is 413 g/mol. The third kappa shape index (κ3) is 3.54. The molecule has 1 amide bonds. The maximum absolute atomic E-state index is 11.0. The second-order valence-electron chi connectivity index (χ2n) is 6.77. The molecule has 29 heavy (non-hydrogen) atoms. The van der Waals surface area contributed by atoms with E-state index in [9.17, 15) is 4.79 Å². The number of nitrogens with one attached hydrogen (secondary N) is 2. The summed E-state index contributed by atoms with van der Waals surface area (Å²) in [4.78, 5) is 21.8. The van der Waals surface area contributed by atoms with Gasteiger partial charge in [0.1, 0.15) is 22.7 Å². The van der Waals surface area contributed by atoms with Crippen LogP contribution in [0, 0.1) is 0 Å². The molecule has 0 saturated heterocycles. The van der Waals surface area contributed by atoms with Gasteiger partial charge in [0.05, 0.1) is 23.7 Å². The van der Waals surface area contributed by atoms with E-state index in [4.69, 9.17) is 21.0 Å².